The summed E-state index contributed by atoms with van der Waals surface area (Å²) in [5.41, 5.74) is 3.02. The maximum absolute atomic E-state index is 11.4. The number of carboxylic acid groups (broad SMARTS) is 1. The van der Waals surface area contributed by atoms with Crippen molar-refractivity contribution in [3.05, 3.63) is 64.7 Å². The Bertz CT molecular complexity index is 757. The van der Waals surface area contributed by atoms with E-state index in [1.165, 1.54) is 0 Å². The molecule has 5 heteroatoms. The molecular weight excluding hydrogens is 306 g/mol. The summed E-state index contributed by atoms with van der Waals surface area (Å²) in [6.07, 6.45) is -0.516. The number of hydrogen-bond donors (Lipinski definition) is 1. The van der Waals surface area contributed by atoms with E-state index in [1.807, 2.05) is 50.2 Å². The molecule has 5 nitrogen and oxygen atoms in total. The van der Waals surface area contributed by atoms with Crippen LogP contribution >= 0.6 is 0 Å². The van der Waals surface area contributed by atoms with Crippen LogP contribution in [0.5, 0.6) is 5.75 Å². The average molecular weight is 327 g/mol. The van der Waals surface area contributed by atoms with E-state index in [2.05, 4.69) is 0 Å². The number of nitrogens with zero attached hydrogens (tertiary/aromatic N) is 1. The van der Waals surface area contributed by atoms with Gasteiger partial charge in [0.15, 0.2) is 0 Å². The summed E-state index contributed by atoms with van der Waals surface area (Å²) in [6.45, 7) is 2.40. The van der Waals surface area contributed by atoms with Crippen molar-refractivity contribution in [1.29, 1.82) is 0 Å². The summed E-state index contributed by atoms with van der Waals surface area (Å²) in [6, 6.07) is 12.9. The highest BCUT2D eigenvalue weighted by atomic mass is 16.5. The molecule has 0 fully saturated rings. The van der Waals surface area contributed by atoms with Gasteiger partial charge in [0.05, 0.1) is 5.56 Å². The summed E-state index contributed by atoms with van der Waals surface area (Å²) < 4.78 is 12.2. The Morgan fingerprint density at radius 1 is 1.25 bits per heavy atom. The molecule has 3 rings (SSSR count). The second kappa shape index (κ2) is 6.63. The molecule has 0 aromatic heterocycles. The monoisotopic (exact) mass is 327 g/mol. The molecule has 1 aliphatic rings. The maximum atomic E-state index is 11.4. The lowest BCUT2D eigenvalue weighted by Crippen LogP contribution is -2.29. The van der Waals surface area contributed by atoms with Gasteiger partial charge in [-0.3, -0.25) is 4.90 Å². The summed E-state index contributed by atoms with van der Waals surface area (Å²) in [4.78, 5) is 13.3. The predicted octanol–water partition coefficient (Wildman–Crippen LogP) is 3.29. The first-order valence-corrected chi connectivity index (χ1v) is 7.87. The van der Waals surface area contributed by atoms with Crippen LogP contribution in [-0.4, -0.2) is 36.3 Å². The van der Waals surface area contributed by atoms with Crippen molar-refractivity contribution in [1.82, 2.24) is 4.90 Å². The lowest BCUT2D eigenvalue weighted by atomic mass is 9.96. The number of ether oxygens (including phenoxy) is 2. The van der Waals surface area contributed by atoms with Gasteiger partial charge in [-0.05, 0) is 50.3 Å². The third-order valence-electron chi connectivity index (χ3n) is 4.32. The predicted molar refractivity (Wildman–Crippen MR) is 90.3 cm³/mol. The second-order valence-electron chi connectivity index (χ2n) is 6.12. The summed E-state index contributed by atoms with van der Waals surface area (Å²) in [5.74, 6) is -0.304. The molecule has 2 atom stereocenters. The van der Waals surface area contributed by atoms with E-state index in [-0.39, 0.29) is 17.9 Å². The van der Waals surface area contributed by atoms with Gasteiger partial charge >= 0.3 is 5.97 Å². The van der Waals surface area contributed by atoms with Gasteiger partial charge in [0.1, 0.15) is 24.7 Å². The lowest BCUT2D eigenvalue weighted by molar-refractivity contribution is -0.0566. The molecular formula is C19H21NO4. The Kier molecular flexibility index (Phi) is 4.55. The van der Waals surface area contributed by atoms with Crippen molar-refractivity contribution >= 4 is 5.97 Å². The van der Waals surface area contributed by atoms with Crippen molar-refractivity contribution in [3.63, 3.8) is 0 Å². The van der Waals surface area contributed by atoms with Crippen molar-refractivity contribution in [2.75, 3.05) is 14.1 Å². The minimum atomic E-state index is -0.963. The SMILES string of the molecule is CC(OC1c2ccccc2COc2ccc(C(=O)O)cc21)N(C)C. The van der Waals surface area contributed by atoms with Crippen LogP contribution in [0.2, 0.25) is 0 Å². The van der Waals surface area contributed by atoms with E-state index in [0.29, 0.717) is 12.4 Å². The zero-order chi connectivity index (χ0) is 17.3. The standard InChI is InChI=1S/C19H21NO4/c1-12(20(2)3)24-18-15-7-5-4-6-14(15)11-23-17-9-8-13(19(21)22)10-16(17)18/h4-10,12,18H,11H2,1-3H3,(H,21,22). The lowest BCUT2D eigenvalue weighted by Gasteiger charge is -2.27. The first kappa shape index (κ1) is 16.5. The van der Waals surface area contributed by atoms with Crippen molar-refractivity contribution in [2.24, 2.45) is 0 Å². The Morgan fingerprint density at radius 3 is 2.71 bits per heavy atom. The maximum Gasteiger partial charge on any atom is 0.335 e. The molecule has 2 unspecified atom stereocenters. The van der Waals surface area contributed by atoms with Gasteiger partial charge in [-0.2, -0.15) is 0 Å². The summed E-state index contributed by atoms with van der Waals surface area (Å²) >= 11 is 0. The van der Waals surface area contributed by atoms with Crippen LogP contribution in [0.15, 0.2) is 42.5 Å². The molecule has 126 valence electrons. The highest BCUT2D eigenvalue weighted by molar-refractivity contribution is 5.88. The molecule has 0 amide bonds. The molecule has 1 aliphatic heterocycles. The molecule has 0 bridgehead atoms. The third kappa shape index (κ3) is 3.13. The topological polar surface area (TPSA) is 59.0 Å². The normalized spacial score (nSPS) is 17.4. The Balaban J connectivity index is 2.12. The number of carbonyl (C=O) groups is 1. The molecule has 0 saturated carbocycles. The minimum absolute atomic E-state index is 0.137. The fraction of sp³-hybridized carbons (Fsp3) is 0.316. The van der Waals surface area contributed by atoms with E-state index in [1.54, 1.807) is 18.2 Å². The van der Waals surface area contributed by atoms with Gasteiger partial charge in [-0.25, -0.2) is 4.79 Å². The van der Waals surface area contributed by atoms with Crippen LogP contribution in [0.25, 0.3) is 0 Å². The molecule has 24 heavy (non-hydrogen) atoms. The number of fused-ring (bicyclic) bond motifs is 2. The molecule has 0 aliphatic carbocycles. The van der Waals surface area contributed by atoms with E-state index < -0.39 is 5.97 Å². The largest absolute Gasteiger partial charge is 0.488 e. The average Bonchev–Trinajstić information content (AvgIpc) is 2.72. The highest BCUT2D eigenvalue weighted by Gasteiger charge is 2.28. The van der Waals surface area contributed by atoms with Gasteiger partial charge in [0.2, 0.25) is 0 Å². The number of hydrogen-bond acceptors (Lipinski definition) is 4. The van der Waals surface area contributed by atoms with Gasteiger partial charge in [-0.15, -0.1) is 0 Å². The molecule has 2 aromatic rings. The van der Waals surface area contributed by atoms with Crippen LogP contribution in [0.1, 0.15) is 40.1 Å². The van der Waals surface area contributed by atoms with Crippen LogP contribution in [0, 0.1) is 0 Å². The second-order valence-corrected chi connectivity index (χ2v) is 6.12. The zero-order valence-corrected chi connectivity index (χ0v) is 14.0. The Hall–Kier alpha value is -2.37. The van der Waals surface area contributed by atoms with Crippen molar-refractivity contribution in [2.45, 2.75) is 25.9 Å². The van der Waals surface area contributed by atoms with Crippen LogP contribution in [0.3, 0.4) is 0 Å². The van der Waals surface area contributed by atoms with E-state index in [0.717, 1.165) is 16.7 Å². The molecule has 0 radical (unpaired) electrons. The van der Waals surface area contributed by atoms with Crippen LogP contribution < -0.4 is 4.74 Å². The minimum Gasteiger partial charge on any atom is -0.488 e. The molecule has 1 heterocycles. The van der Waals surface area contributed by atoms with Crippen molar-refractivity contribution < 1.29 is 19.4 Å². The van der Waals surface area contributed by atoms with Gasteiger partial charge in [0.25, 0.3) is 0 Å². The highest BCUT2D eigenvalue weighted by Crippen LogP contribution is 2.39. The first-order valence-electron chi connectivity index (χ1n) is 7.87. The van der Waals surface area contributed by atoms with E-state index in [4.69, 9.17) is 9.47 Å². The molecule has 0 saturated heterocycles. The smallest absolute Gasteiger partial charge is 0.335 e. The number of carboxylic acids is 1. The van der Waals surface area contributed by atoms with Crippen LogP contribution in [-0.2, 0) is 11.3 Å². The van der Waals surface area contributed by atoms with E-state index >= 15 is 0 Å². The quantitative estimate of drug-likeness (QED) is 0.873. The van der Waals surface area contributed by atoms with Crippen molar-refractivity contribution in [3.8, 4) is 5.75 Å². The van der Waals surface area contributed by atoms with Crippen LogP contribution in [0.4, 0.5) is 0 Å². The molecule has 2 aromatic carbocycles. The molecule has 1 N–H and O–H groups in total. The van der Waals surface area contributed by atoms with Gasteiger partial charge in [-0.1, -0.05) is 24.3 Å². The summed E-state index contributed by atoms with van der Waals surface area (Å²) in [5, 5.41) is 9.32. The molecule has 0 spiro atoms. The number of benzene rings is 2. The van der Waals surface area contributed by atoms with Gasteiger partial charge < -0.3 is 14.6 Å². The zero-order valence-electron chi connectivity index (χ0n) is 14.0. The number of aromatic carboxylic acids is 1. The van der Waals surface area contributed by atoms with Gasteiger partial charge in [0, 0.05) is 5.56 Å². The Labute approximate surface area is 141 Å². The third-order valence-corrected chi connectivity index (χ3v) is 4.32. The summed E-state index contributed by atoms with van der Waals surface area (Å²) in [7, 11) is 3.89. The first-order chi connectivity index (χ1) is 11.5. The number of rotatable bonds is 4. The van der Waals surface area contributed by atoms with E-state index in [9.17, 15) is 9.90 Å². The fourth-order valence-electron chi connectivity index (χ4n) is 2.73. The Morgan fingerprint density at radius 2 is 2.00 bits per heavy atom. The fourth-order valence-corrected chi connectivity index (χ4v) is 2.73.